The van der Waals surface area contributed by atoms with Crippen LogP contribution in [0.4, 0.5) is 5.69 Å². The summed E-state index contributed by atoms with van der Waals surface area (Å²) in [6.45, 7) is 8.65. The molecule has 0 saturated carbocycles. The zero-order valence-electron chi connectivity index (χ0n) is 10.0. The Bertz CT molecular complexity index is 382. The molecule has 84 valence electrons. The van der Waals surface area contributed by atoms with Gasteiger partial charge in [-0.3, -0.25) is 0 Å². The van der Waals surface area contributed by atoms with Crippen molar-refractivity contribution in [3.63, 3.8) is 0 Å². The van der Waals surface area contributed by atoms with Crippen molar-refractivity contribution in [2.75, 3.05) is 11.9 Å². The van der Waals surface area contributed by atoms with Crippen molar-refractivity contribution in [1.29, 1.82) is 0 Å². The van der Waals surface area contributed by atoms with Gasteiger partial charge in [-0.15, -0.1) is 0 Å². The third-order valence-corrected chi connectivity index (χ3v) is 2.24. The summed E-state index contributed by atoms with van der Waals surface area (Å²) >= 11 is 0. The molecule has 1 N–H and O–H groups in total. The van der Waals surface area contributed by atoms with E-state index in [0.717, 1.165) is 12.2 Å². The molecule has 0 aromatic heterocycles. The van der Waals surface area contributed by atoms with Crippen molar-refractivity contribution >= 4 is 5.69 Å². The zero-order valence-corrected chi connectivity index (χ0v) is 10.0. The Balaban J connectivity index is 2.38. The quantitative estimate of drug-likeness (QED) is 0.726. The first-order valence-electron chi connectivity index (χ1n) is 5.49. The lowest BCUT2D eigenvalue weighted by Crippen LogP contribution is -1.97. The maximum Gasteiger partial charge on any atom is 0.0342 e. The fourth-order valence-electron chi connectivity index (χ4n) is 1.33. The van der Waals surface area contributed by atoms with Crippen molar-refractivity contribution in [2.24, 2.45) is 0 Å². The lowest BCUT2D eigenvalue weighted by molar-refractivity contribution is 1.31. The van der Waals surface area contributed by atoms with Crippen molar-refractivity contribution in [2.45, 2.75) is 13.8 Å². The van der Waals surface area contributed by atoms with Gasteiger partial charge in [-0.1, -0.05) is 54.2 Å². The highest BCUT2D eigenvalue weighted by Gasteiger charge is 1.88. The maximum absolute atomic E-state index is 3.66. The van der Waals surface area contributed by atoms with Gasteiger partial charge in [0, 0.05) is 12.2 Å². The SMILES string of the molecule is C=C/C=C(C)\C=C/CNc1ccc(C)cc1. The van der Waals surface area contributed by atoms with Crippen LogP contribution in [-0.2, 0) is 0 Å². The van der Waals surface area contributed by atoms with E-state index in [1.54, 1.807) is 6.08 Å². The molecule has 0 aliphatic heterocycles. The summed E-state index contributed by atoms with van der Waals surface area (Å²) in [6, 6.07) is 8.40. The molecule has 1 nitrogen and oxygen atoms in total. The van der Waals surface area contributed by atoms with Gasteiger partial charge in [0.25, 0.3) is 0 Å². The average molecular weight is 213 g/mol. The molecule has 16 heavy (non-hydrogen) atoms. The zero-order chi connectivity index (χ0) is 11.8. The summed E-state index contributed by atoms with van der Waals surface area (Å²) in [4.78, 5) is 0. The maximum atomic E-state index is 3.66. The minimum Gasteiger partial charge on any atom is -0.382 e. The number of hydrogen-bond acceptors (Lipinski definition) is 1. The normalized spacial score (nSPS) is 11.8. The molecule has 0 aliphatic rings. The standard InChI is InChI=1S/C15H19N/c1-4-6-13(2)7-5-12-16-15-10-8-14(3)9-11-15/h4-11,16H,1,12H2,2-3H3/b7-5-,13-6-. The highest BCUT2D eigenvalue weighted by atomic mass is 14.8. The number of rotatable bonds is 5. The fourth-order valence-corrected chi connectivity index (χ4v) is 1.33. The summed E-state index contributed by atoms with van der Waals surface area (Å²) < 4.78 is 0. The minimum atomic E-state index is 0.839. The van der Waals surface area contributed by atoms with E-state index in [0.29, 0.717) is 0 Å². The van der Waals surface area contributed by atoms with Gasteiger partial charge >= 0.3 is 0 Å². The summed E-state index contributed by atoms with van der Waals surface area (Å²) in [6.07, 6.45) is 7.98. The topological polar surface area (TPSA) is 12.0 Å². The van der Waals surface area contributed by atoms with Crippen LogP contribution >= 0.6 is 0 Å². The Morgan fingerprint density at radius 3 is 2.62 bits per heavy atom. The van der Waals surface area contributed by atoms with Crippen LogP contribution in [0.15, 0.2) is 60.7 Å². The molecule has 1 heteroatoms. The van der Waals surface area contributed by atoms with E-state index >= 15 is 0 Å². The summed E-state index contributed by atoms with van der Waals surface area (Å²) in [7, 11) is 0. The lowest BCUT2D eigenvalue weighted by Gasteiger charge is -2.03. The molecule has 1 rings (SSSR count). The highest BCUT2D eigenvalue weighted by Crippen LogP contribution is 2.07. The number of allylic oxidation sites excluding steroid dienone is 4. The van der Waals surface area contributed by atoms with Gasteiger partial charge in [0.1, 0.15) is 0 Å². The number of hydrogen-bond donors (Lipinski definition) is 1. The van der Waals surface area contributed by atoms with Crippen LogP contribution in [0, 0.1) is 6.92 Å². The predicted molar refractivity (Wildman–Crippen MR) is 72.8 cm³/mol. The summed E-state index contributed by atoms with van der Waals surface area (Å²) in [5.74, 6) is 0. The average Bonchev–Trinajstić information content (AvgIpc) is 2.27. The van der Waals surface area contributed by atoms with E-state index < -0.39 is 0 Å². The largest absolute Gasteiger partial charge is 0.382 e. The van der Waals surface area contributed by atoms with Gasteiger partial charge in [0.15, 0.2) is 0 Å². The van der Waals surface area contributed by atoms with Crippen LogP contribution in [0.25, 0.3) is 0 Å². The highest BCUT2D eigenvalue weighted by molar-refractivity contribution is 5.44. The molecule has 0 fully saturated rings. The Labute approximate surface area is 98.2 Å². The fraction of sp³-hybridized carbons (Fsp3) is 0.200. The van der Waals surface area contributed by atoms with E-state index in [9.17, 15) is 0 Å². The first-order valence-corrected chi connectivity index (χ1v) is 5.49. The monoisotopic (exact) mass is 213 g/mol. The van der Waals surface area contributed by atoms with Crippen LogP contribution in [0.2, 0.25) is 0 Å². The molecule has 0 saturated heterocycles. The first-order chi connectivity index (χ1) is 7.72. The van der Waals surface area contributed by atoms with Crippen LogP contribution in [0.1, 0.15) is 12.5 Å². The number of nitrogens with one attached hydrogen (secondary N) is 1. The van der Waals surface area contributed by atoms with E-state index in [-0.39, 0.29) is 0 Å². The second-order valence-corrected chi connectivity index (χ2v) is 3.80. The van der Waals surface area contributed by atoms with E-state index in [2.05, 4.69) is 62.2 Å². The van der Waals surface area contributed by atoms with Crippen molar-refractivity contribution < 1.29 is 0 Å². The van der Waals surface area contributed by atoms with Crippen LogP contribution < -0.4 is 5.32 Å². The second-order valence-electron chi connectivity index (χ2n) is 3.80. The number of anilines is 1. The summed E-state index contributed by atoms with van der Waals surface area (Å²) in [5, 5.41) is 3.33. The molecule has 0 bridgehead atoms. The number of benzene rings is 1. The Morgan fingerprint density at radius 2 is 2.00 bits per heavy atom. The Hall–Kier alpha value is -1.76. The molecule has 0 spiro atoms. The molecule has 0 heterocycles. The van der Waals surface area contributed by atoms with Crippen molar-refractivity contribution in [3.8, 4) is 0 Å². The molecule has 0 atom stereocenters. The van der Waals surface area contributed by atoms with Crippen LogP contribution in [0.3, 0.4) is 0 Å². The van der Waals surface area contributed by atoms with Gasteiger partial charge in [-0.25, -0.2) is 0 Å². The number of aryl methyl sites for hydroxylation is 1. The van der Waals surface area contributed by atoms with Gasteiger partial charge < -0.3 is 5.32 Å². The Morgan fingerprint density at radius 1 is 1.31 bits per heavy atom. The van der Waals surface area contributed by atoms with Crippen molar-refractivity contribution in [3.05, 3.63) is 66.3 Å². The Kier molecular flexibility index (Phi) is 5.13. The van der Waals surface area contributed by atoms with Gasteiger partial charge in [-0.2, -0.15) is 0 Å². The smallest absolute Gasteiger partial charge is 0.0342 e. The van der Waals surface area contributed by atoms with Gasteiger partial charge in [0.2, 0.25) is 0 Å². The third kappa shape index (κ3) is 4.65. The molecule has 1 aromatic carbocycles. The molecule has 1 aromatic rings. The molecule has 0 aliphatic carbocycles. The van der Waals surface area contributed by atoms with Gasteiger partial charge in [0.05, 0.1) is 0 Å². The second kappa shape index (κ2) is 6.67. The van der Waals surface area contributed by atoms with Crippen LogP contribution in [0.5, 0.6) is 0 Å². The van der Waals surface area contributed by atoms with E-state index in [4.69, 9.17) is 0 Å². The van der Waals surface area contributed by atoms with E-state index in [1.807, 2.05) is 6.08 Å². The molecular weight excluding hydrogens is 194 g/mol. The molecular formula is C15H19N. The van der Waals surface area contributed by atoms with E-state index in [1.165, 1.54) is 11.1 Å². The molecule has 0 unspecified atom stereocenters. The first kappa shape index (κ1) is 12.3. The van der Waals surface area contributed by atoms with Gasteiger partial charge in [-0.05, 0) is 26.0 Å². The molecule has 0 radical (unpaired) electrons. The minimum absolute atomic E-state index is 0.839. The predicted octanol–water partition coefficient (Wildman–Crippen LogP) is 4.10. The van der Waals surface area contributed by atoms with Crippen molar-refractivity contribution in [1.82, 2.24) is 0 Å². The van der Waals surface area contributed by atoms with Crippen LogP contribution in [-0.4, -0.2) is 6.54 Å². The molecule has 0 amide bonds. The lowest BCUT2D eigenvalue weighted by atomic mass is 10.2. The third-order valence-electron chi connectivity index (χ3n) is 2.24. The summed E-state index contributed by atoms with van der Waals surface area (Å²) in [5.41, 5.74) is 3.65.